The summed E-state index contributed by atoms with van der Waals surface area (Å²) in [6.07, 6.45) is 0.910. The molecule has 0 radical (unpaired) electrons. The van der Waals surface area contributed by atoms with E-state index in [1.54, 1.807) is 0 Å². The third kappa shape index (κ3) is 6.67. The number of rotatable bonds is 11. The van der Waals surface area contributed by atoms with Crippen LogP contribution in [0.25, 0.3) is 0 Å². The highest BCUT2D eigenvalue weighted by Crippen LogP contribution is 2.23. The summed E-state index contributed by atoms with van der Waals surface area (Å²) in [5, 5.41) is 21.5. The van der Waals surface area contributed by atoms with Gasteiger partial charge in [0.15, 0.2) is 0 Å². The second kappa shape index (κ2) is 10.2. The van der Waals surface area contributed by atoms with Gasteiger partial charge in [-0.15, -0.1) is 0 Å². The largest absolute Gasteiger partial charge is 0.460 e. The molecule has 0 aliphatic heterocycles. The van der Waals surface area contributed by atoms with Gasteiger partial charge >= 0.3 is 5.97 Å². The van der Waals surface area contributed by atoms with Crippen molar-refractivity contribution in [3.8, 4) is 0 Å². The zero-order valence-electron chi connectivity index (χ0n) is 13.1. The van der Waals surface area contributed by atoms with Gasteiger partial charge in [-0.1, -0.05) is 6.92 Å². The van der Waals surface area contributed by atoms with Crippen LogP contribution in [-0.2, 0) is 14.2 Å². The van der Waals surface area contributed by atoms with Crippen molar-refractivity contribution in [1.82, 2.24) is 0 Å². The quantitative estimate of drug-likeness (QED) is 0.258. The molecule has 24 heavy (non-hydrogen) atoms. The van der Waals surface area contributed by atoms with E-state index in [4.69, 9.17) is 14.2 Å². The maximum Gasteiger partial charge on any atom is 0.338 e. The molecule has 0 bridgehead atoms. The Labute approximate surface area is 137 Å². The number of nitrogens with zero attached hydrogens (tertiary/aromatic N) is 2. The van der Waals surface area contributed by atoms with Gasteiger partial charge in [0, 0.05) is 18.7 Å². The predicted molar refractivity (Wildman–Crippen MR) is 82.0 cm³/mol. The molecule has 0 saturated heterocycles. The van der Waals surface area contributed by atoms with Gasteiger partial charge < -0.3 is 14.2 Å². The number of ether oxygens (including phenoxy) is 3. The van der Waals surface area contributed by atoms with Crippen LogP contribution in [0.1, 0.15) is 23.7 Å². The van der Waals surface area contributed by atoms with Gasteiger partial charge in [0.05, 0.1) is 41.3 Å². The molecule has 0 saturated carbocycles. The minimum atomic E-state index is -0.896. The Balaban J connectivity index is 2.49. The first-order valence-corrected chi connectivity index (χ1v) is 7.22. The van der Waals surface area contributed by atoms with Crippen LogP contribution in [0.3, 0.4) is 0 Å². The number of hydrogen-bond donors (Lipinski definition) is 0. The van der Waals surface area contributed by atoms with E-state index in [0.717, 1.165) is 24.6 Å². The van der Waals surface area contributed by atoms with E-state index in [0.29, 0.717) is 19.8 Å². The minimum Gasteiger partial charge on any atom is -0.460 e. The highest BCUT2D eigenvalue weighted by atomic mass is 16.6. The summed E-state index contributed by atoms with van der Waals surface area (Å²) in [5.74, 6) is -0.896. The Morgan fingerprint density at radius 1 is 0.917 bits per heavy atom. The molecule has 0 unspecified atom stereocenters. The smallest absolute Gasteiger partial charge is 0.338 e. The van der Waals surface area contributed by atoms with Crippen LogP contribution >= 0.6 is 0 Å². The molecule has 0 aliphatic carbocycles. The highest BCUT2D eigenvalue weighted by Gasteiger charge is 2.20. The molecule has 10 nitrogen and oxygen atoms in total. The SMILES string of the molecule is CCCOCCOCCOC(=O)c1cc([N+](=O)[O-])cc([N+](=O)[O-])c1. The van der Waals surface area contributed by atoms with Crippen LogP contribution in [0.15, 0.2) is 18.2 Å². The number of carbonyl (C=O) groups is 1. The van der Waals surface area contributed by atoms with E-state index < -0.39 is 27.2 Å². The number of non-ortho nitro benzene ring substituents is 2. The molecule has 10 heteroatoms. The number of carbonyl (C=O) groups excluding carboxylic acids is 1. The molecule has 0 amide bonds. The Kier molecular flexibility index (Phi) is 8.30. The lowest BCUT2D eigenvalue weighted by atomic mass is 10.2. The lowest BCUT2D eigenvalue weighted by Crippen LogP contribution is -2.13. The van der Waals surface area contributed by atoms with Crippen LogP contribution < -0.4 is 0 Å². The van der Waals surface area contributed by atoms with Crippen molar-refractivity contribution < 1.29 is 28.9 Å². The van der Waals surface area contributed by atoms with Crippen LogP contribution in [0.5, 0.6) is 0 Å². The molecule has 0 fully saturated rings. The fourth-order valence-corrected chi connectivity index (χ4v) is 1.67. The van der Waals surface area contributed by atoms with Crippen molar-refractivity contribution in [1.29, 1.82) is 0 Å². The van der Waals surface area contributed by atoms with Gasteiger partial charge in [0.1, 0.15) is 6.61 Å². The zero-order valence-corrected chi connectivity index (χ0v) is 13.1. The standard InChI is InChI=1S/C14H18N2O8/c1-2-3-22-4-5-23-6-7-24-14(17)11-8-12(15(18)19)10-13(9-11)16(20)21/h8-10H,2-7H2,1H3. The average Bonchev–Trinajstić information content (AvgIpc) is 2.56. The first-order valence-electron chi connectivity index (χ1n) is 7.22. The average molecular weight is 342 g/mol. The maximum absolute atomic E-state index is 11.8. The Bertz CT molecular complexity index is 558. The van der Waals surface area contributed by atoms with Gasteiger partial charge in [-0.25, -0.2) is 4.79 Å². The first-order chi connectivity index (χ1) is 11.5. The normalized spacial score (nSPS) is 10.4. The number of benzene rings is 1. The second-order valence-corrected chi connectivity index (χ2v) is 4.61. The van der Waals surface area contributed by atoms with Crippen molar-refractivity contribution in [3.05, 3.63) is 44.0 Å². The molecule has 1 rings (SSSR count). The fourth-order valence-electron chi connectivity index (χ4n) is 1.67. The molecule has 0 spiro atoms. The number of nitro groups is 2. The topological polar surface area (TPSA) is 131 Å². The lowest BCUT2D eigenvalue weighted by molar-refractivity contribution is -0.394. The maximum atomic E-state index is 11.8. The van der Waals surface area contributed by atoms with Crippen molar-refractivity contribution in [2.45, 2.75) is 13.3 Å². The van der Waals surface area contributed by atoms with E-state index in [1.807, 2.05) is 6.92 Å². The van der Waals surface area contributed by atoms with Gasteiger partial charge in [-0.05, 0) is 6.42 Å². The molecule has 0 aliphatic rings. The molecule has 0 N–H and O–H groups in total. The third-order valence-electron chi connectivity index (χ3n) is 2.74. The van der Waals surface area contributed by atoms with E-state index in [9.17, 15) is 25.0 Å². The van der Waals surface area contributed by atoms with Crippen LogP contribution in [0, 0.1) is 20.2 Å². The third-order valence-corrected chi connectivity index (χ3v) is 2.74. The lowest BCUT2D eigenvalue weighted by Gasteiger charge is -2.06. The van der Waals surface area contributed by atoms with E-state index in [1.165, 1.54) is 0 Å². The molecule has 132 valence electrons. The number of nitro benzene ring substituents is 2. The molecular formula is C14H18N2O8. The van der Waals surface area contributed by atoms with Crippen LogP contribution in [-0.4, -0.2) is 48.9 Å². The van der Waals surface area contributed by atoms with Gasteiger partial charge in [-0.3, -0.25) is 20.2 Å². The Hall–Kier alpha value is -2.59. The number of hydrogen-bond acceptors (Lipinski definition) is 8. The summed E-state index contributed by atoms with van der Waals surface area (Å²) in [6, 6.07) is 2.62. The zero-order chi connectivity index (χ0) is 17.9. The summed E-state index contributed by atoms with van der Waals surface area (Å²) in [4.78, 5) is 31.7. The van der Waals surface area contributed by atoms with Crippen molar-refractivity contribution >= 4 is 17.3 Å². The summed E-state index contributed by atoms with van der Waals surface area (Å²) < 4.78 is 15.2. The summed E-state index contributed by atoms with van der Waals surface area (Å²) in [7, 11) is 0. The Morgan fingerprint density at radius 2 is 1.42 bits per heavy atom. The molecule has 0 aromatic heterocycles. The van der Waals surface area contributed by atoms with Crippen molar-refractivity contribution in [2.24, 2.45) is 0 Å². The van der Waals surface area contributed by atoms with E-state index in [-0.39, 0.29) is 18.8 Å². The first kappa shape index (κ1) is 19.5. The molecule has 1 aromatic carbocycles. The summed E-state index contributed by atoms with van der Waals surface area (Å²) >= 11 is 0. The van der Waals surface area contributed by atoms with Gasteiger partial charge in [-0.2, -0.15) is 0 Å². The molecule has 0 atom stereocenters. The summed E-state index contributed by atoms with van der Waals surface area (Å²) in [5.41, 5.74) is -1.37. The fraction of sp³-hybridized carbons (Fsp3) is 0.500. The monoisotopic (exact) mass is 342 g/mol. The molecular weight excluding hydrogens is 324 g/mol. The number of esters is 1. The molecule has 1 aromatic rings. The molecule has 0 heterocycles. The van der Waals surface area contributed by atoms with Gasteiger partial charge in [0.25, 0.3) is 11.4 Å². The van der Waals surface area contributed by atoms with E-state index in [2.05, 4.69) is 0 Å². The minimum absolute atomic E-state index is 0.0803. The Morgan fingerprint density at radius 3 is 1.92 bits per heavy atom. The van der Waals surface area contributed by atoms with Gasteiger partial charge in [0.2, 0.25) is 0 Å². The highest BCUT2D eigenvalue weighted by molar-refractivity contribution is 5.91. The van der Waals surface area contributed by atoms with Crippen molar-refractivity contribution in [2.75, 3.05) is 33.0 Å². The summed E-state index contributed by atoms with van der Waals surface area (Å²) in [6.45, 7) is 3.45. The van der Waals surface area contributed by atoms with E-state index >= 15 is 0 Å². The van der Waals surface area contributed by atoms with Crippen molar-refractivity contribution in [3.63, 3.8) is 0 Å². The second-order valence-electron chi connectivity index (χ2n) is 4.61. The van der Waals surface area contributed by atoms with Crippen LogP contribution in [0.2, 0.25) is 0 Å². The predicted octanol–water partition coefficient (Wildman–Crippen LogP) is 2.10. The van der Waals surface area contributed by atoms with Crippen LogP contribution in [0.4, 0.5) is 11.4 Å².